The average molecular weight is 134 g/mol. The van der Waals surface area contributed by atoms with E-state index in [0.717, 1.165) is 19.5 Å². The summed E-state index contributed by atoms with van der Waals surface area (Å²) in [5.41, 5.74) is 0. The second-order valence-corrected chi connectivity index (χ2v) is 1.80. The van der Waals surface area contributed by atoms with Crippen LogP contribution < -0.4 is 5.32 Å². The Kier molecular flexibility index (Phi) is 5.86. The Morgan fingerprint density at radius 2 is 2.11 bits per heavy atom. The summed E-state index contributed by atoms with van der Waals surface area (Å²) < 4.78 is 0. The summed E-state index contributed by atoms with van der Waals surface area (Å²) in [7, 11) is 0. The van der Waals surface area contributed by atoms with Crippen LogP contribution in [0.2, 0.25) is 0 Å². The number of nitrogens with zero attached hydrogens (tertiary/aromatic N) is 1. The van der Waals surface area contributed by atoms with Crippen molar-refractivity contribution in [3.63, 3.8) is 0 Å². The molecule has 4 heteroatoms. The van der Waals surface area contributed by atoms with Crippen molar-refractivity contribution in [2.24, 2.45) is 0 Å². The molecular weight excluding hydrogens is 120 g/mol. The van der Waals surface area contributed by atoms with E-state index in [0.29, 0.717) is 6.54 Å². The van der Waals surface area contributed by atoms with E-state index < -0.39 is 0 Å². The lowest BCUT2D eigenvalue weighted by molar-refractivity contribution is -0.306. The monoisotopic (exact) mass is 134 g/mol. The van der Waals surface area contributed by atoms with Crippen LogP contribution in [0.25, 0.3) is 0 Å². The van der Waals surface area contributed by atoms with E-state index >= 15 is 0 Å². The van der Waals surface area contributed by atoms with Crippen molar-refractivity contribution in [2.45, 2.75) is 13.3 Å². The molecule has 0 radical (unpaired) electrons. The van der Waals surface area contributed by atoms with Gasteiger partial charge in [-0.2, -0.15) is 0 Å². The summed E-state index contributed by atoms with van der Waals surface area (Å²) in [6.45, 7) is 4.06. The fourth-order valence-corrected chi connectivity index (χ4v) is 0.522. The molecule has 0 unspecified atom stereocenters. The summed E-state index contributed by atoms with van der Waals surface area (Å²) >= 11 is 0. The van der Waals surface area contributed by atoms with E-state index in [2.05, 4.69) is 5.32 Å². The van der Waals surface area contributed by atoms with Crippen molar-refractivity contribution in [2.75, 3.05) is 19.6 Å². The van der Waals surface area contributed by atoms with E-state index in [1.54, 1.807) is 0 Å². The Balaban J connectivity index is 2.75. The highest BCUT2D eigenvalue weighted by Gasteiger charge is 1.90. The molecule has 0 aliphatic heterocycles. The van der Waals surface area contributed by atoms with Gasteiger partial charge in [0.15, 0.2) is 0 Å². The van der Waals surface area contributed by atoms with E-state index in [1.165, 1.54) is 0 Å². The van der Waals surface area contributed by atoms with Crippen LogP contribution in [0.3, 0.4) is 0 Å². The highest BCUT2D eigenvalue weighted by molar-refractivity contribution is 4.42. The molecule has 0 aromatic carbocycles. The minimum atomic E-state index is 0.206. The molecule has 0 aromatic rings. The van der Waals surface area contributed by atoms with Crippen LogP contribution in [-0.4, -0.2) is 35.3 Å². The molecule has 0 atom stereocenters. The Hall–Kier alpha value is -0.160. The highest BCUT2D eigenvalue weighted by atomic mass is 16.8. The standard InChI is InChI=1S/C5H14N2O2/c1-2-6-4-3-5-7(8)9/h6,8-9H,2-5H2,1H3. The molecule has 9 heavy (non-hydrogen) atoms. The van der Waals surface area contributed by atoms with Crippen LogP contribution in [0.4, 0.5) is 0 Å². The van der Waals surface area contributed by atoms with Gasteiger partial charge < -0.3 is 5.32 Å². The van der Waals surface area contributed by atoms with Crippen molar-refractivity contribution in [3.8, 4) is 0 Å². The van der Waals surface area contributed by atoms with E-state index in [9.17, 15) is 0 Å². The maximum Gasteiger partial charge on any atom is 0.0524 e. The second-order valence-electron chi connectivity index (χ2n) is 1.80. The van der Waals surface area contributed by atoms with Crippen LogP contribution in [0, 0.1) is 0 Å². The minimum Gasteiger partial charge on any atom is -0.317 e. The zero-order valence-electron chi connectivity index (χ0n) is 5.67. The number of nitrogens with one attached hydrogen (secondary N) is 1. The SMILES string of the molecule is CCNCCCN(O)O. The molecule has 3 N–H and O–H groups in total. The zero-order chi connectivity index (χ0) is 7.11. The lowest BCUT2D eigenvalue weighted by atomic mass is 10.4. The van der Waals surface area contributed by atoms with Crippen molar-refractivity contribution in [1.82, 2.24) is 10.5 Å². The van der Waals surface area contributed by atoms with Gasteiger partial charge in [0, 0.05) is 0 Å². The van der Waals surface area contributed by atoms with Gasteiger partial charge in [-0.3, -0.25) is 10.4 Å². The van der Waals surface area contributed by atoms with E-state index in [1.807, 2.05) is 6.92 Å². The molecular formula is C5H14N2O2. The van der Waals surface area contributed by atoms with Crippen molar-refractivity contribution < 1.29 is 10.4 Å². The van der Waals surface area contributed by atoms with Crippen molar-refractivity contribution in [1.29, 1.82) is 0 Å². The van der Waals surface area contributed by atoms with Crippen LogP contribution in [0.15, 0.2) is 0 Å². The molecule has 56 valence electrons. The zero-order valence-corrected chi connectivity index (χ0v) is 5.67. The molecule has 0 fully saturated rings. The number of hydroxylamine groups is 2. The molecule has 4 nitrogen and oxygen atoms in total. The quantitative estimate of drug-likeness (QED) is 0.368. The van der Waals surface area contributed by atoms with Crippen molar-refractivity contribution in [3.05, 3.63) is 0 Å². The summed E-state index contributed by atoms with van der Waals surface area (Å²) in [5.74, 6) is 0. The summed E-state index contributed by atoms with van der Waals surface area (Å²) in [5, 5.41) is 19.7. The number of rotatable bonds is 5. The first-order chi connectivity index (χ1) is 4.27. The average Bonchev–Trinajstić information content (AvgIpc) is 1.80. The van der Waals surface area contributed by atoms with Gasteiger partial charge >= 0.3 is 0 Å². The third-order valence-corrected chi connectivity index (χ3v) is 0.962. The molecule has 0 saturated heterocycles. The molecule has 0 saturated carbocycles. The predicted molar refractivity (Wildman–Crippen MR) is 33.4 cm³/mol. The molecule has 0 heterocycles. The molecule has 0 bridgehead atoms. The fraction of sp³-hybridized carbons (Fsp3) is 1.00. The Morgan fingerprint density at radius 3 is 2.56 bits per heavy atom. The normalized spacial score (nSPS) is 10.7. The molecule has 0 aliphatic rings. The van der Waals surface area contributed by atoms with Gasteiger partial charge in [-0.1, -0.05) is 12.2 Å². The maximum absolute atomic E-state index is 8.21. The number of hydrogen-bond donors (Lipinski definition) is 3. The lowest BCUT2D eigenvalue weighted by Gasteiger charge is -2.04. The van der Waals surface area contributed by atoms with Crippen LogP contribution in [-0.2, 0) is 0 Å². The fourth-order valence-electron chi connectivity index (χ4n) is 0.522. The highest BCUT2D eigenvalue weighted by Crippen LogP contribution is 1.78. The smallest absolute Gasteiger partial charge is 0.0524 e. The summed E-state index contributed by atoms with van der Waals surface area (Å²) in [6.07, 6.45) is 0.751. The van der Waals surface area contributed by atoms with Crippen molar-refractivity contribution >= 4 is 0 Å². The van der Waals surface area contributed by atoms with Gasteiger partial charge in [-0.25, -0.2) is 0 Å². The van der Waals surface area contributed by atoms with Gasteiger partial charge in [0.2, 0.25) is 0 Å². The Labute approximate surface area is 55.0 Å². The molecule has 0 rings (SSSR count). The number of hydrogen-bond acceptors (Lipinski definition) is 4. The molecule has 0 amide bonds. The third kappa shape index (κ3) is 7.84. The van der Waals surface area contributed by atoms with Gasteiger partial charge in [0.25, 0.3) is 0 Å². The van der Waals surface area contributed by atoms with Gasteiger partial charge in [-0.05, 0) is 19.5 Å². The first-order valence-electron chi connectivity index (χ1n) is 3.13. The van der Waals surface area contributed by atoms with Gasteiger partial charge in [0.05, 0.1) is 6.54 Å². The van der Waals surface area contributed by atoms with E-state index in [4.69, 9.17) is 10.4 Å². The lowest BCUT2D eigenvalue weighted by Crippen LogP contribution is -2.21. The van der Waals surface area contributed by atoms with Gasteiger partial charge in [-0.15, -0.1) is 0 Å². The van der Waals surface area contributed by atoms with Crippen LogP contribution in [0.5, 0.6) is 0 Å². The first-order valence-corrected chi connectivity index (χ1v) is 3.13. The predicted octanol–water partition coefficient (Wildman–Crippen LogP) is 0.0664. The molecule has 0 spiro atoms. The van der Waals surface area contributed by atoms with Crippen LogP contribution in [0.1, 0.15) is 13.3 Å². The van der Waals surface area contributed by atoms with Crippen LogP contribution >= 0.6 is 0 Å². The summed E-state index contributed by atoms with van der Waals surface area (Å²) in [4.78, 5) is 0. The van der Waals surface area contributed by atoms with Gasteiger partial charge in [0.1, 0.15) is 0 Å². The topological polar surface area (TPSA) is 55.7 Å². The largest absolute Gasteiger partial charge is 0.317 e. The first kappa shape index (κ1) is 8.84. The maximum atomic E-state index is 8.21. The summed E-state index contributed by atoms with van der Waals surface area (Å²) in [6, 6.07) is 0. The second kappa shape index (κ2) is 5.97. The van der Waals surface area contributed by atoms with E-state index in [-0.39, 0.29) is 5.23 Å². The Bertz CT molecular complexity index is 58.9. The molecule has 0 aliphatic carbocycles. The Morgan fingerprint density at radius 1 is 1.44 bits per heavy atom. The third-order valence-electron chi connectivity index (χ3n) is 0.962. The minimum absolute atomic E-state index is 0.206. The molecule has 0 aromatic heterocycles.